The molecule has 0 N–H and O–H groups in total. The van der Waals surface area contributed by atoms with Crippen LogP contribution in [0.3, 0.4) is 0 Å². The highest BCUT2D eigenvalue weighted by atomic mass is 19.0. The normalized spacial score (nSPS) is 10.4. The van der Waals surface area contributed by atoms with Crippen molar-refractivity contribution in [1.82, 2.24) is 0 Å². The van der Waals surface area contributed by atoms with E-state index in [-0.39, 0.29) is 9.41 Å². The molecule has 216 valence electrons. The number of benzene rings is 6. The Labute approximate surface area is 254 Å². The number of halogens is 2. The lowest BCUT2D eigenvalue weighted by molar-refractivity contribution is 0.964. The van der Waals surface area contributed by atoms with Crippen molar-refractivity contribution in [3.05, 3.63) is 213 Å². The lowest BCUT2D eigenvalue weighted by atomic mass is 9.80. The lowest BCUT2D eigenvalue weighted by Crippen LogP contribution is -2.12. The van der Waals surface area contributed by atoms with Crippen molar-refractivity contribution in [2.75, 3.05) is 0 Å². The highest BCUT2D eigenvalue weighted by molar-refractivity contribution is 5.54. The summed E-state index contributed by atoms with van der Waals surface area (Å²) < 4.78 is 0. The van der Waals surface area contributed by atoms with E-state index in [1.807, 2.05) is 0 Å². The molecule has 0 amide bonds. The maximum atomic E-state index is 2.53. The Morgan fingerprint density at radius 2 is 0.488 bits per heavy atom. The maximum absolute atomic E-state index is 2.53. The van der Waals surface area contributed by atoms with E-state index in [0.717, 1.165) is 32.1 Å². The largest absolute Gasteiger partial charge is 0.269 e. The van der Waals surface area contributed by atoms with Crippen LogP contribution in [0.2, 0.25) is 0 Å². The number of hydrogen-bond donors (Lipinski definition) is 0. The Bertz CT molecular complexity index is 1560. The quantitative estimate of drug-likeness (QED) is 0.154. The predicted molar refractivity (Wildman–Crippen MR) is 178 cm³/mol. The highest BCUT2D eigenvalue weighted by Gasteiger charge is 2.20. The minimum Gasteiger partial charge on any atom is -0.269 e. The zero-order valence-corrected chi connectivity index (χ0v) is 24.4. The Hall–Kier alpha value is -4.82. The van der Waals surface area contributed by atoms with Gasteiger partial charge < -0.3 is 0 Å². The Kier molecular flexibility index (Phi) is 11.2. The summed E-state index contributed by atoms with van der Waals surface area (Å²) in [6, 6.07) is 57.4. The Morgan fingerprint density at radius 1 is 0.256 bits per heavy atom. The first-order valence-corrected chi connectivity index (χ1v) is 14.7. The third-order valence-electron chi connectivity index (χ3n) is 8.00. The summed E-state index contributed by atoms with van der Waals surface area (Å²) >= 11 is 0. The van der Waals surface area contributed by atoms with Crippen LogP contribution >= 0.6 is 0 Å². The smallest absolute Gasteiger partial charge is 0.00199 e. The van der Waals surface area contributed by atoms with Gasteiger partial charge in [-0.05, 0) is 87.7 Å². The van der Waals surface area contributed by atoms with Crippen LogP contribution in [-0.2, 0) is 32.1 Å². The van der Waals surface area contributed by atoms with Crippen molar-refractivity contribution < 1.29 is 9.41 Å². The van der Waals surface area contributed by atoms with E-state index in [0.29, 0.717) is 0 Å². The van der Waals surface area contributed by atoms with Gasteiger partial charge in [0.15, 0.2) is 0 Å². The molecule has 0 heterocycles. The number of rotatable bonds is 10. The molecule has 0 aromatic heterocycles. The molecule has 0 spiro atoms. The van der Waals surface area contributed by atoms with Gasteiger partial charge in [0.1, 0.15) is 0 Å². The van der Waals surface area contributed by atoms with Gasteiger partial charge in [0.05, 0.1) is 0 Å². The van der Waals surface area contributed by atoms with Crippen LogP contribution in [0.1, 0.15) is 55.6 Å². The van der Waals surface area contributed by atoms with E-state index in [1.54, 1.807) is 0 Å². The van der Waals surface area contributed by atoms with E-state index in [1.165, 1.54) is 55.6 Å². The van der Waals surface area contributed by atoms with Crippen LogP contribution in [0.4, 0.5) is 9.41 Å². The fourth-order valence-corrected chi connectivity index (χ4v) is 5.96. The summed E-state index contributed by atoms with van der Waals surface area (Å²) in [6.45, 7) is 0. The van der Waals surface area contributed by atoms with Gasteiger partial charge in [-0.2, -0.15) is 0 Å². The van der Waals surface area contributed by atoms with Crippen LogP contribution in [0.15, 0.2) is 158 Å². The highest BCUT2D eigenvalue weighted by Crippen LogP contribution is 2.33. The topological polar surface area (TPSA) is 0 Å². The van der Waals surface area contributed by atoms with E-state index >= 15 is 0 Å². The molecule has 0 bridgehead atoms. The summed E-state index contributed by atoms with van der Waals surface area (Å²) in [5.41, 5.74) is 14.1. The lowest BCUT2D eigenvalue weighted by Gasteiger charge is -2.24. The second-order valence-corrected chi connectivity index (χ2v) is 10.9. The first kappa shape index (κ1) is 31.1. The molecule has 0 aliphatic carbocycles. The second-order valence-electron chi connectivity index (χ2n) is 10.9. The first-order chi connectivity index (χ1) is 20.3. The average Bonchev–Trinajstić information content (AvgIpc) is 3.03. The molecule has 0 saturated carbocycles. The van der Waals surface area contributed by atoms with Gasteiger partial charge in [-0.25, -0.2) is 0 Å². The van der Waals surface area contributed by atoms with Crippen LogP contribution in [0, 0.1) is 0 Å². The third kappa shape index (κ3) is 8.14. The van der Waals surface area contributed by atoms with Crippen molar-refractivity contribution in [3.63, 3.8) is 0 Å². The standard InChI is InChI=1S/C41H36.2FH/c1-6-16-32(17-7-1)26-37-31-38(27-33-18-8-2-9-19-33)40(29-35-22-12-4-13-23-35)41(30-36-24-14-5-15-25-36)39(37)28-34-20-10-3-11-21-34;;/h1-25,31H,26-30H2;2*1H. The molecule has 0 radical (unpaired) electrons. The molecule has 6 rings (SSSR count). The van der Waals surface area contributed by atoms with E-state index in [9.17, 15) is 0 Å². The summed E-state index contributed by atoms with van der Waals surface area (Å²) in [4.78, 5) is 0. The predicted octanol–water partition coefficient (Wildman–Crippen LogP) is 9.95. The summed E-state index contributed by atoms with van der Waals surface area (Å²) in [6.07, 6.45) is 4.64. The van der Waals surface area contributed by atoms with Crippen molar-refractivity contribution in [2.24, 2.45) is 0 Å². The molecule has 0 nitrogen and oxygen atoms in total. The minimum absolute atomic E-state index is 0. The maximum Gasteiger partial charge on any atom is -0.00199 e. The molecule has 43 heavy (non-hydrogen) atoms. The Balaban J connectivity index is 0.00000212. The molecule has 0 aliphatic rings. The van der Waals surface area contributed by atoms with Crippen LogP contribution in [0.25, 0.3) is 0 Å². The summed E-state index contributed by atoms with van der Waals surface area (Å²) in [5.74, 6) is 0. The van der Waals surface area contributed by atoms with Gasteiger partial charge in [0.2, 0.25) is 0 Å². The van der Waals surface area contributed by atoms with Gasteiger partial charge in [-0.15, -0.1) is 0 Å². The molecule has 6 aromatic carbocycles. The fraction of sp³-hybridized carbons (Fsp3) is 0.122. The monoisotopic (exact) mass is 568 g/mol. The molecule has 0 aliphatic heterocycles. The van der Waals surface area contributed by atoms with Crippen LogP contribution in [0.5, 0.6) is 0 Å². The van der Waals surface area contributed by atoms with Crippen molar-refractivity contribution >= 4 is 0 Å². The molecule has 0 saturated heterocycles. The average molecular weight is 569 g/mol. The van der Waals surface area contributed by atoms with Gasteiger partial charge in [-0.3, -0.25) is 9.41 Å². The van der Waals surface area contributed by atoms with Gasteiger partial charge in [0, 0.05) is 0 Å². The minimum atomic E-state index is 0. The van der Waals surface area contributed by atoms with Gasteiger partial charge in [-0.1, -0.05) is 158 Å². The van der Waals surface area contributed by atoms with Crippen molar-refractivity contribution in [3.8, 4) is 0 Å². The number of hydrogen-bond acceptors (Lipinski definition) is 0. The summed E-state index contributed by atoms with van der Waals surface area (Å²) in [5, 5.41) is 0. The molecule has 0 atom stereocenters. The molecular formula is C41H38F2. The Morgan fingerprint density at radius 3 is 0.767 bits per heavy atom. The fourth-order valence-electron chi connectivity index (χ4n) is 5.96. The van der Waals surface area contributed by atoms with E-state index in [4.69, 9.17) is 0 Å². The zero-order valence-electron chi connectivity index (χ0n) is 24.4. The first-order valence-electron chi connectivity index (χ1n) is 14.7. The van der Waals surface area contributed by atoms with E-state index < -0.39 is 0 Å². The van der Waals surface area contributed by atoms with Crippen molar-refractivity contribution in [2.45, 2.75) is 32.1 Å². The molecule has 0 fully saturated rings. The molecule has 2 heteroatoms. The van der Waals surface area contributed by atoms with Crippen LogP contribution < -0.4 is 0 Å². The van der Waals surface area contributed by atoms with Crippen molar-refractivity contribution in [1.29, 1.82) is 0 Å². The zero-order chi connectivity index (χ0) is 27.7. The molecule has 6 aromatic rings. The third-order valence-corrected chi connectivity index (χ3v) is 8.00. The van der Waals surface area contributed by atoms with Crippen LogP contribution in [-0.4, -0.2) is 0 Å². The van der Waals surface area contributed by atoms with Gasteiger partial charge >= 0.3 is 0 Å². The summed E-state index contributed by atoms with van der Waals surface area (Å²) in [7, 11) is 0. The SMILES string of the molecule is F.F.c1ccc(Cc2cc(Cc3ccccc3)c(Cc3ccccc3)c(Cc3ccccc3)c2Cc2ccccc2)cc1. The van der Waals surface area contributed by atoms with Gasteiger partial charge in [0.25, 0.3) is 0 Å². The molecular weight excluding hydrogens is 530 g/mol. The second kappa shape index (κ2) is 15.4. The molecule has 0 unspecified atom stereocenters. The van der Waals surface area contributed by atoms with E-state index in [2.05, 4.69) is 158 Å².